The molecule has 1 aliphatic carbocycles. The Kier molecular flexibility index (Phi) is 4.18. The molecule has 1 N–H and O–H groups in total. The Morgan fingerprint density at radius 1 is 1.53 bits per heavy atom. The van der Waals surface area contributed by atoms with Crippen LogP contribution < -0.4 is 0 Å². The van der Waals surface area contributed by atoms with E-state index in [9.17, 15) is 4.79 Å². The molecule has 1 atom stereocenters. The topological polar surface area (TPSA) is 68.0 Å². The van der Waals surface area contributed by atoms with Gasteiger partial charge >= 0.3 is 5.97 Å². The Balaban J connectivity index is 2.11. The number of carbonyl (C=O) groups is 1. The van der Waals surface area contributed by atoms with Gasteiger partial charge in [-0.2, -0.15) is 0 Å². The molecule has 0 radical (unpaired) electrons. The van der Waals surface area contributed by atoms with E-state index in [0.717, 1.165) is 30.4 Å². The van der Waals surface area contributed by atoms with E-state index in [-0.39, 0.29) is 5.75 Å². The molecule has 0 amide bonds. The number of carboxylic acid groups (broad SMARTS) is 1. The molecule has 0 spiro atoms. The molecule has 0 aromatic carbocycles. The largest absolute Gasteiger partial charge is 0.481 e. The fourth-order valence-electron chi connectivity index (χ4n) is 2.25. The lowest BCUT2D eigenvalue weighted by atomic mass is 10.1. The Morgan fingerprint density at radius 3 is 2.74 bits per heavy atom. The lowest BCUT2D eigenvalue weighted by Gasteiger charge is -2.10. The summed E-state index contributed by atoms with van der Waals surface area (Å²) in [5.74, 6) is 0.864. The molecule has 19 heavy (non-hydrogen) atoms. The van der Waals surface area contributed by atoms with E-state index < -0.39 is 5.97 Å². The Bertz CT molecular complexity index is 470. The number of rotatable bonds is 7. The zero-order valence-electron chi connectivity index (χ0n) is 11.7. The maximum atomic E-state index is 10.7. The van der Waals surface area contributed by atoms with Gasteiger partial charge in [0.05, 0.1) is 5.75 Å². The smallest absolute Gasteiger partial charge is 0.313 e. The molecule has 1 unspecified atom stereocenters. The van der Waals surface area contributed by atoms with Crippen LogP contribution in [0.15, 0.2) is 5.16 Å². The van der Waals surface area contributed by atoms with E-state index in [4.69, 9.17) is 5.11 Å². The van der Waals surface area contributed by atoms with Crippen LogP contribution in [0.3, 0.4) is 0 Å². The third kappa shape index (κ3) is 3.49. The summed E-state index contributed by atoms with van der Waals surface area (Å²) in [6.45, 7) is 7.57. The van der Waals surface area contributed by atoms with Gasteiger partial charge < -0.3 is 9.67 Å². The maximum absolute atomic E-state index is 10.7. The van der Waals surface area contributed by atoms with Gasteiger partial charge in [-0.1, -0.05) is 32.5 Å². The van der Waals surface area contributed by atoms with Crippen molar-refractivity contribution in [1.29, 1.82) is 0 Å². The van der Waals surface area contributed by atoms with Gasteiger partial charge in [-0.15, -0.1) is 10.2 Å². The van der Waals surface area contributed by atoms with Crippen molar-refractivity contribution in [3.05, 3.63) is 5.82 Å². The molecule has 5 nitrogen and oxygen atoms in total. The predicted octanol–water partition coefficient (Wildman–Crippen LogP) is 2.45. The molecule has 1 fully saturated rings. The monoisotopic (exact) mass is 283 g/mol. The number of aryl methyl sites for hydroxylation is 1. The first-order valence-electron chi connectivity index (χ1n) is 6.70. The third-order valence-electron chi connectivity index (χ3n) is 3.71. The molecule has 106 valence electrons. The highest BCUT2D eigenvalue weighted by Gasteiger charge is 2.45. The molecular formula is C13H21N3O2S. The van der Waals surface area contributed by atoms with Crippen LogP contribution in [0.4, 0.5) is 0 Å². The lowest BCUT2D eigenvalue weighted by molar-refractivity contribution is -0.133. The molecule has 1 aromatic heterocycles. The number of aliphatic carboxylic acids is 1. The van der Waals surface area contributed by atoms with E-state index in [0.29, 0.717) is 11.3 Å². The summed E-state index contributed by atoms with van der Waals surface area (Å²) in [5.41, 5.74) is 0.405. The second kappa shape index (κ2) is 5.53. The number of nitrogens with zero attached hydrogens (tertiary/aromatic N) is 3. The molecule has 6 heteroatoms. The molecule has 0 aliphatic heterocycles. The summed E-state index contributed by atoms with van der Waals surface area (Å²) in [6.07, 6.45) is 3.14. The summed E-state index contributed by atoms with van der Waals surface area (Å²) < 4.78 is 2.12. The molecule has 0 saturated heterocycles. The van der Waals surface area contributed by atoms with Gasteiger partial charge in [0.1, 0.15) is 5.82 Å². The fraction of sp³-hybridized carbons (Fsp3) is 0.769. The molecule has 1 aromatic rings. The second-order valence-electron chi connectivity index (χ2n) is 5.83. The van der Waals surface area contributed by atoms with Crippen molar-refractivity contribution in [2.24, 2.45) is 11.3 Å². The van der Waals surface area contributed by atoms with Crippen molar-refractivity contribution < 1.29 is 9.90 Å². The van der Waals surface area contributed by atoms with Crippen molar-refractivity contribution in [2.75, 3.05) is 5.75 Å². The van der Waals surface area contributed by atoms with Gasteiger partial charge in [0.2, 0.25) is 0 Å². The van der Waals surface area contributed by atoms with E-state index in [1.807, 2.05) is 0 Å². The van der Waals surface area contributed by atoms with E-state index in [2.05, 4.69) is 35.5 Å². The van der Waals surface area contributed by atoms with Gasteiger partial charge in [-0.25, -0.2) is 0 Å². The van der Waals surface area contributed by atoms with Crippen molar-refractivity contribution >= 4 is 17.7 Å². The summed E-state index contributed by atoms with van der Waals surface area (Å²) in [6, 6.07) is 0. The molecular weight excluding hydrogens is 262 g/mol. The minimum absolute atomic E-state index is 0.0400. The molecule has 0 bridgehead atoms. The fourth-order valence-corrected chi connectivity index (χ4v) is 2.94. The highest BCUT2D eigenvalue weighted by molar-refractivity contribution is 7.99. The first-order chi connectivity index (χ1) is 8.94. The third-order valence-corrected chi connectivity index (χ3v) is 4.66. The molecule has 1 heterocycles. The minimum Gasteiger partial charge on any atom is -0.481 e. The summed E-state index contributed by atoms with van der Waals surface area (Å²) in [7, 11) is 0. The zero-order valence-corrected chi connectivity index (χ0v) is 12.5. The van der Waals surface area contributed by atoms with Crippen molar-refractivity contribution in [3.8, 4) is 0 Å². The van der Waals surface area contributed by atoms with Crippen molar-refractivity contribution in [1.82, 2.24) is 14.8 Å². The van der Waals surface area contributed by atoms with Crippen LogP contribution in [-0.2, 0) is 17.8 Å². The predicted molar refractivity (Wildman–Crippen MR) is 74.3 cm³/mol. The number of carboxylic acids is 1. The summed E-state index contributed by atoms with van der Waals surface area (Å²) in [5, 5.41) is 17.9. The summed E-state index contributed by atoms with van der Waals surface area (Å²) in [4.78, 5) is 10.7. The Labute approximate surface area is 117 Å². The second-order valence-corrected chi connectivity index (χ2v) is 6.77. The van der Waals surface area contributed by atoms with Crippen LogP contribution in [0.1, 0.15) is 39.4 Å². The first kappa shape index (κ1) is 14.4. The van der Waals surface area contributed by atoms with Gasteiger partial charge in [0.15, 0.2) is 5.16 Å². The SMILES string of the molecule is CCCc1nnc(SCC(=O)O)n1CC1CC1(C)C. The minimum atomic E-state index is -0.816. The van der Waals surface area contributed by atoms with E-state index >= 15 is 0 Å². The number of aromatic nitrogens is 3. The molecule has 1 saturated carbocycles. The van der Waals surface area contributed by atoms with E-state index in [1.54, 1.807) is 0 Å². The first-order valence-corrected chi connectivity index (χ1v) is 7.69. The van der Waals surface area contributed by atoms with Crippen LogP contribution in [-0.4, -0.2) is 31.6 Å². The maximum Gasteiger partial charge on any atom is 0.313 e. The molecule has 1 aliphatic rings. The average molecular weight is 283 g/mol. The average Bonchev–Trinajstić information content (AvgIpc) is 2.75. The van der Waals surface area contributed by atoms with Gasteiger partial charge in [0.25, 0.3) is 0 Å². The van der Waals surface area contributed by atoms with Crippen LogP contribution >= 0.6 is 11.8 Å². The Hall–Kier alpha value is -1.04. The van der Waals surface area contributed by atoms with Gasteiger partial charge in [-0.05, 0) is 24.2 Å². The quantitative estimate of drug-likeness (QED) is 0.778. The van der Waals surface area contributed by atoms with Crippen LogP contribution in [0, 0.1) is 11.3 Å². The number of hydrogen-bond donors (Lipinski definition) is 1. The van der Waals surface area contributed by atoms with E-state index in [1.165, 1.54) is 18.2 Å². The van der Waals surface area contributed by atoms with Crippen molar-refractivity contribution in [3.63, 3.8) is 0 Å². The highest BCUT2D eigenvalue weighted by Crippen LogP contribution is 2.52. The lowest BCUT2D eigenvalue weighted by Crippen LogP contribution is -2.10. The van der Waals surface area contributed by atoms with Crippen molar-refractivity contribution in [2.45, 2.75) is 51.7 Å². The summed E-state index contributed by atoms with van der Waals surface area (Å²) >= 11 is 1.26. The number of thioether (sulfide) groups is 1. The van der Waals surface area contributed by atoms with Crippen LogP contribution in [0.2, 0.25) is 0 Å². The normalized spacial score (nSPS) is 20.5. The van der Waals surface area contributed by atoms with Crippen LogP contribution in [0.5, 0.6) is 0 Å². The number of hydrogen-bond acceptors (Lipinski definition) is 4. The highest BCUT2D eigenvalue weighted by atomic mass is 32.2. The van der Waals surface area contributed by atoms with Gasteiger partial charge in [-0.3, -0.25) is 4.79 Å². The van der Waals surface area contributed by atoms with Crippen LogP contribution in [0.25, 0.3) is 0 Å². The molecule has 2 rings (SSSR count). The van der Waals surface area contributed by atoms with Gasteiger partial charge in [0, 0.05) is 13.0 Å². The standard InChI is InChI=1S/C13H21N3O2S/c1-4-5-10-14-15-12(19-8-11(17)18)16(10)7-9-6-13(9,2)3/h9H,4-8H2,1-3H3,(H,17,18). The zero-order chi connectivity index (χ0) is 14.0. The Morgan fingerprint density at radius 2 is 2.21 bits per heavy atom.